The zero-order valence-electron chi connectivity index (χ0n) is 8.92. The fraction of sp³-hybridized carbons (Fsp3) is 0.0909. The number of hydrogen-bond acceptors (Lipinski definition) is 5. The summed E-state index contributed by atoms with van der Waals surface area (Å²) in [6.45, 7) is 0.203. The third kappa shape index (κ3) is 2.82. The Bertz CT molecular complexity index is 496. The number of carbonyl (C=O) groups is 1. The average molecular weight is 233 g/mol. The van der Waals surface area contributed by atoms with Crippen LogP contribution < -0.4 is 16.0 Å². The Kier molecular flexibility index (Phi) is 3.37. The van der Waals surface area contributed by atoms with E-state index in [1.54, 1.807) is 0 Å². The predicted octanol–water partition coefficient (Wildman–Crippen LogP) is 0.857. The molecular weight excluding hydrogens is 222 g/mol. The van der Waals surface area contributed by atoms with Crippen molar-refractivity contribution in [3.05, 3.63) is 47.9 Å². The molecule has 0 bridgehead atoms. The number of amides is 1. The van der Waals surface area contributed by atoms with Gasteiger partial charge in [-0.1, -0.05) is 23.4 Å². The minimum Gasteiger partial charge on any atom is -0.486 e. The van der Waals surface area contributed by atoms with Gasteiger partial charge in [-0.25, -0.2) is 5.84 Å². The highest BCUT2D eigenvalue weighted by molar-refractivity contribution is 5.91. The summed E-state index contributed by atoms with van der Waals surface area (Å²) in [5.41, 5.74) is 2.09. The van der Waals surface area contributed by atoms with Crippen LogP contribution in [0.4, 0.5) is 0 Å². The maximum absolute atomic E-state index is 11.1. The predicted molar refractivity (Wildman–Crippen MR) is 58.9 cm³/mol. The second-order valence-corrected chi connectivity index (χ2v) is 3.25. The number of aromatic nitrogens is 1. The Morgan fingerprint density at radius 3 is 2.88 bits per heavy atom. The molecule has 17 heavy (non-hydrogen) atoms. The second kappa shape index (κ2) is 5.13. The number of nitrogen functional groups attached to an aromatic ring is 1. The molecule has 0 radical (unpaired) electrons. The van der Waals surface area contributed by atoms with Crippen LogP contribution in [-0.4, -0.2) is 11.1 Å². The third-order valence-electron chi connectivity index (χ3n) is 2.05. The minimum atomic E-state index is -0.500. The lowest BCUT2D eigenvalue weighted by Gasteiger charge is -2.01. The Labute approximate surface area is 97.3 Å². The number of ether oxygens (including phenoxy) is 1. The molecule has 2 aromatic rings. The fourth-order valence-corrected chi connectivity index (χ4v) is 1.23. The van der Waals surface area contributed by atoms with Gasteiger partial charge in [-0.15, -0.1) is 0 Å². The van der Waals surface area contributed by atoms with Crippen LogP contribution in [0.1, 0.15) is 16.2 Å². The largest absolute Gasteiger partial charge is 0.486 e. The highest BCUT2D eigenvalue weighted by Gasteiger charge is 2.11. The first-order valence-electron chi connectivity index (χ1n) is 4.94. The highest BCUT2D eigenvalue weighted by atomic mass is 16.5. The normalized spacial score (nSPS) is 9.94. The van der Waals surface area contributed by atoms with E-state index >= 15 is 0 Å². The van der Waals surface area contributed by atoms with E-state index < -0.39 is 5.91 Å². The van der Waals surface area contributed by atoms with Gasteiger partial charge in [-0.3, -0.25) is 10.2 Å². The molecule has 0 spiro atoms. The third-order valence-corrected chi connectivity index (χ3v) is 2.05. The molecule has 1 aromatic carbocycles. The number of para-hydroxylation sites is 1. The lowest BCUT2D eigenvalue weighted by Crippen LogP contribution is -2.30. The number of carbonyl (C=O) groups excluding carboxylic acids is 1. The van der Waals surface area contributed by atoms with Gasteiger partial charge in [0.1, 0.15) is 12.4 Å². The van der Waals surface area contributed by atoms with Crippen LogP contribution in [0.3, 0.4) is 0 Å². The quantitative estimate of drug-likeness (QED) is 0.464. The van der Waals surface area contributed by atoms with Gasteiger partial charge >= 0.3 is 0 Å². The summed E-state index contributed by atoms with van der Waals surface area (Å²) in [5.74, 6) is 5.63. The Morgan fingerprint density at radius 2 is 2.18 bits per heavy atom. The van der Waals surface area contributed by atoms with E-state index in [4.69, 9.17) is 15.1 Å². The van der Waals surface area contributed by atoms with Gasteiger partial charge in [-0.2, -0.15) is 0 Å². The first kappa shape index (κ1) is 11.2. The summed E-state index contributed by atoms with van der Waals surface area (Å²) in [4.78, 5) is 11.1. The molecule has 3 N–H and O–H groups in total. The maximum atomic E-state index is 11.1. The van der Waals surface area contributed by atoms with Crippen LogP contribution >= 0.6 is 0 Å². The van der Waals surface area contributed by atoms with Gasteiger partial charge in [-0.05, 0) is 12.1 Å². The van der Waals surface area contributed by atoms with Crippen molar-refractivity contribution in [3.63, 3.8) is 0 Å². The first-order valence-corrected chi connectivity index (χ1v) is 4.94. The molecule has 1 amide bonds. The molecule has 88 valence electrons. The van der Waals surface area contributed by atoms with E-state index in [9.17, 15) is 4.79 Å². The molecule has 1 aromatic heterocycles. The molecular formula is C11H11N3O3. The molecule has 0 aliphatic rings. The van der Waals surface area contributed by atoms with Gasteiger partial charge < -0.3 is 9.26 Å². The van der Waals surface area contributed by atoms with Crippen molar-refractivity contribution in [1.29, 1.82) is 0 Å². The fourth-order valence-electron chi connectivity index (χ4n) is 1.23. The standard InChI is InChI=1S/C11H11N3O3/c12-13-11(15)10-6-9(17-14-10)7-16-8-4-2-1-3-5-8/h1-6H,7,12H2,(H,13,15). The van der Waals surface area contributed by atoms with E-state index in [-0.39, 0.29) is 12.3 Å². The van der Waals surface area contributed by atoms with E-state index in [1.807, 2.05) is 35.8 Å². The molecule has 0 aliphatic carbocycles. The van der Waals surface area contributed by atoms with Crippen molar-refractivity contribution < 1.29 is 14.1 Å². The van der Waals surface area contributed by atoms with Crippen LogP contribution in [0.2, 0.25) is 0 Å². The molecule has 1 heterocycles. The van der Waals surface area contributed by atoms with Crippen molar-refractivity contribution in [2.45, 2.75) is 6.61 Å². The van der Waals surface area contributed by atoms with E-state index in [2.05, 4.69) is 5.16 Å². The van der Waals surface area contributed by atoms with Crippen molar-refractivity contribution in [2.75, 3.05) is 0 Å². The van der Waals surface area contributed by atoms with E-state index in [0.717, 1.165) is 0 Å². The van der Waals surface area contributed by atoms with Gasteiger partial charge in [0.25, 0.3) is 5.91 Å². The minimum absolute atomic E-state index is 0.124. The Morgan fingerprint density at radius 1 is 1.41 bits per heavy atom. The molecule has 0 saturated heterocycles. The number of hydrazine groups is 1. The monoisotopic (exact) mass is 233 g/mol. The van der Waals surface area contributed by atoms with Crippen LogP contribution in [0.5, 0.6) is 5.75 Å². The topological polar surface area (TPSA) is 90.4 Å². The Hall–Kier alpha value is -2.34. The summed E-state index contributed by atoms with van der Waals surface area (Å²) in [7, 11) is 0. The van der Waals surface area contributed by atoms with Crippen molar-refractivity contribution in [1.82, 2.24) is 10.6 Å². The average Bonchev–Trinajstić information content (AvgIpc) is 2.85. The first-order chi connectivity index (χ1) is 8.29. The number of nitrogens with one attached hydrogen (secondary N) is 1. The smallest absolute Gasteiger partial charge is 0.287 e. The highest BCUT2D eigenvalue weighted by Crippen LogP contribution is 2.12. The van der Waals surface area contributed by atoms with Crippen LogP contribution in [0.15, 0.2) is 40.9 Å². The van der Waals surface area contributed by atoms with Crippen molar-refractivity contribution in [2.24, 2.45) is 5.84 Å². The molecule has 0 aliphatic heterocycles. The summed E-state index contributed by atoms with van der Waals surface area (Å²) in [6.07, 6.45) is 0. The van der Waals surface area contributed by atoms with Crippen LogP contribution in [0.25, 0.3) is 0 Å². The Balaban J connectivity index is 1.96. The molecule has 0 saturated carbocycles. The van der Waals surface area contributed by atoms with Gasteiger partial charge in [0.15, 0.2) is 11.5 Å². The number of nitrogens with zero attached hydrogens (tertiary/aromatic N) is 1. The number of rotatable bonds is 4. The molecule has 2 rings (SSSR count). The lowest BCUT2D eigenvalue weighted by molar-refractivity contribution is 0.0944. The van der Waals surface area contributed by atoms with Crippen molar-refractivity contribution >= 4 is 5.91 Å². The molecule has 0 fully saturated rings. The number of hydrogen-bond donors (Lipinski definition) is 2. The molecule has 0 atom stereocenters. The second-order valence-electron chi connectivity index (χ2n) is 3.25. The van der Waals surface area contributed by atoms with Gasteiger partial charge in [0.05, 0.1) is 0 Å². The summed E-state index contributed by atoms with van der Waals surface area (Å²) in [5, 5.41) is 3.55. The SMILES string of the molecule is NNC(=O)c1cc(COc2ccccc2)on1. The zero-order valence-corrected chi connectivity index (χ0v) is 8.92. The van der Waals surface area contributed by atoms with Crippen molar-refractivity contribution in [3.8, 4) is 5.75 Å². The lowest BCUT2D eigenvalue weighted by atomic mass is 10.3. The van der Waals surface area contributed by atoms with Crippen LogP contribution in [-0.2, 0) is 6.61 Å². The van der Waals surface area contributed by atoms with Gasteiger partial charge in [0, 0.05) is 6.07 Å². The van der Waals surface area contributed by atoms with Crippen LogP contribution in [0, 0.1) is 0 Å². The maximum Gasteiger partial charge on any atom is 0.287 e. The summed E-state index contributed by atoms with van der Waals surface area (Å²) in [6, 6.07) is 10.7. The number of nitrogens with two attached hydrogens (primary N) is 1. The van der Waals surface area contributed by atoms with Gasteiger partial charge in [0.2, 0.25) is 0 Å². The zero-order chi connectivity index (χ0) is 12.1. The number of benzene rings is 1. The molecule has 6 nitrogen and oxygen atoms in total. The molecule has 0 unspecified atom stereocenters. The molecule has 6 heteroatoms. The van der Waals surface area contributed by atoms with E-state index in [0.29, 0.717) is 11.5 Å². The van der Waals surface area contributed by atoms with E-state index in [1.165, 1.54) is 6.07 Å². The summed E-state index contributed by atoms with van der Waals surface area (Å²) < 4.78 is 10.3. The summed E-state index contributed by atoms with van der Waals surface area (Å²) >= 11 is 0.